The van der Waals surface area contributed by atoms with Gasteiger partial charge in [0, 0.05) is 47.2 Å². The number of aromatic nitrogens is 1. The van der Waals surface area contributed by atoms with Crippen LogP contribution in [0.2, 0.25) is 0 Å². The Labute approximate surface area is 221 Å². The zero-order chi connectivity index (χ0) is 27.5. The van der Waals surface area contributed by atoms with Gasteiger partial charge >= 0.3 is 11.6 Å². The van der Waals surface area contributed by atoms with Crippen LogP contribution >= 0.6 is 0 Å². The molecule has 1 N–H and O–H groups in total. The van der Waals surface area contributed by atoms with E-state index in [0.29, 0.717) is 12.0 Å². The van der Waals surface area contributed by atoms with Gasteiger partial charge in [-0.3, -0.25) is 9.78 Å². The summed E-state index contributed by atoms with van der Waals surface area (Å²) in [6, 6.07) is 4.48. The predicted molar refractivity (Wildman–Crippen MR) is 138 cm³/mol. The number of pyridine rings is 1. The molecule has 202 valence electrons. The highest BCUT2D eigenvalue weighted by Gasteiger charge is 2.68. The number of rotatable bonds is 4. The van der Waals surface area contributed by atoms with Gasteiger partial charge in [-0.1, -0.05) is 25.9 Å². The van der Waals surface area contributed by atoms with E-state index in [-0.39, 0.29) is 41.5 Å². The zero-order valence-corrected chi connectivity index (χ0v) is 22.4. The minimum absolute atomic E-state index is 0.0713. The fourth-order valence-corrected chi connectivity index (χ4v) is 7.77. The highest BCUT2D eigenvalue weighted by molar-refractivity contribution is 5.66. The third kappa shape index (κ3) is 3.81. The maximum absolute atomic E-state index is 13.3. The van der Waals surface area contributed by atoms with Crippen molar-refractivity contribution in [1.29, 1.82) is 0 Å². The molecule has 2 fully saturated rings. The molecular formula is C28H34N4O6. The van der Waals surface area contributed by atoms with Gasteiger partial charge in [-0.15, -0.1) is 0 Å². The zero-order valence-electron chi connectivity index (χ0n) is 22.4. The van der Waals surface area contributed by atoms with Gasteiger partial charge in [0.05, 0.1) is 18.8 Å². The first-order chi connectivity index (χ1) is 18.0. The van der Waals surface area contributed by atoms with Crippen molar-refractivity contribution in [1.82, 2.24) is 4.98 Å². The van der Waals surface area contributed by atoms with E-state index in [0.717, 1.165) is 12.8 Å². The number of aliphatic hydroxyl groups excluding tert-OH is 1. The lowest BCUT2D eigenvalue weighted by Crippen LogP contribution is -2.69. The van der Waals surface area contributed by atoms with Gasteiger partial charge in [-0.2, -0.15) is 0 Å². The molecule has 2 unspecified atom stereocenters. The number of aliphatic hydroxyl groups is 1. The smallest absolute Gasteiger partial charge is 0.345 e. The summed E-state index contributed by atoms with van der Waals surface area (Å²) in [6.07, 6.45) is 4.10. The number of hydrogen-bond acceptors (Lipinski definition) is 8. The van der Waals surface area contributed by atoms with Crippen LogP contribution in [0.3, 0.4) is 0 Å². The van der Waals surface area contributed by atoms with Crippen molar-refractivity contribution in [2.24, 2.45) is 33.7 Å². The summed E-state index contributed by atoms with van der Waals surface area (Å²) >= 11 is 0. The van der Waals surface area contributed by atoms with E-state index in [4.69, 9.17) is 13.9 Å². The van der Waals surface area contributed by atoms with Crippen molar-refractivity contribution in [3.63, 3.8) is 0 Å². The summed E-state index contributed by atoms with van der Waals surface area (Å²) < 4.78 is 17.8. The van der Waals surface area contributed by atoms with Gasteiger partial charge in [-0.05, 0) is 61.1 Å². The topological polar surface area (TPSA) is 148 Å². The second kappa shape index (κ2) is 9.13. The molecule has 8 atom stereocenters. The third-order valence-electron chi connectivity index (χ3n) is 9.90. The lowest BCUT2D eigenvalue weighted by Gasteiger charge is -2.66. The van der Waals surface area contributed by atoms with Crippen molar-refractivity contribution in [2.45, 2.75) is 71.6 Å². The second-order valence-electron chi connectivity index (χ2n) is 11.9. The molecule has 2 aromatic heterocycles. The number of carbonyl (C=O) groups is 1. The summed E-state index contributed by atoms with van der Waals surface area (Å²) in [5.74, 6) is -0.289. The SMILES string of the molecule is CC(=O)OC[C@@]1(C)C2C[C@@H](N=[N+]=[N-])[C@@]3(C)Oc4cc(-c5cccnc5)oc(=O)c4[C@H](O)C3[C@@]2(C)CC[C@@H]1C. The summed E-state index contributed by atoms with van der Waals surface area (Å²) in [7, 11) is 0. The molecule has 5 rings (SSSR count). The Kier molecular flexibility index (Phi) is 6.31. The quantitative estimate of drug-likeness (QED) is 0.251. The van der Waals surface area contributed by atoms with E-state index in [1.165, 1.54) is 6.92 Å². The van der Waals surface area contributed by atoms with Crippen molar-refractivity contribution in [3.05, 3.63) is 57.0 Å². The molecule has 0 spiro atoms. The Hall–Kier alpha value is -3.36. The van der Waals surface area contributed by atoms with Crippen LogP contribution in [0.4, 0.5) is 0 Å². The van der Waals surface area contributed by atoms with Crippen LogP contribution in [-0.2, 0) is 9.53 Å². The molecule has 0 aromatic carbocycles. The van der Waals surface area contributed by atoms with Crippen molar-refractivity contribution in [3.8, 4) is 17.1 Å². The molecule has 2 saturated carbocycles. The summed E-state index contributed by atoms with van der Waals surface area (Å²) in [4.78, 5) is 32.3. The molecule has 0 saturated heterocycles. The van der Waals surface area contributed by atoms with Crippen LogP contribution in [-0.4, -0.2) is 34.3 Å². The monoisotopic (exact) mass is 522 g/mol. The van der Waals surface area contributed by atoms with Crippen molar-refractivity contribution in [2.75, 3.05) is 6.61 Å². The fourth-order valence-electron chi connectivity index (χ4n) is 7.77. The Balaban J connectivity index is 1.66. The number of nitrogens with zero attached hydrogens (tertiary/aromatic N) is 4. The molecule has 38 heavy (non-hydrogen) atoms. The molecule has 0 radical (unpaired) electrons. The Bertz CT molecular complexity index is 1360. The molecule has 10 nitrogen and oxygen atoms in total. The molecule has 0 amide bonds. The molecule has 3 heterocycles. The highest BCUT2D eigenvalue weighted by Crippen LogP contribution is 2.68. The van der Waals surface area contributed by atoms with E-state index in [2.05, 4.69) is 35.8 Å². The minimum Gasteiger partial charge on any atom is -0.486 e. The van der Waals surface area contributed by atoms with Gasteiger partial charge in [0.15, 0.2) is 0 Å². The van der Waals surface area contributed by atoms with E-state index in [9.17, 15) is 20.2 Å². The predicted octanol–water partition coefficient (Wildman–Crippen LogP) is 5.21. The number of azide groups is 1. The number of esters is 1. The Morgan fingerprint density at radius 3 is 2.79 bits per heavy atom. The first kappa shape index (κ1) is 26.3. The van der Waals surface area contributed by atoms with Crippen LogP contribution in [0.1, 0.15) is 65.5 Å². The number of carbonyl (C=O) groups excluding carboxylic acids is 1. The Morgan fingerprint density at radius 2 is 2.13 bits per heavy atom. The second-order valence-corrected chi connectivity index (χ2v) is 11.9. The first-order valence-electron chi connectivity index (χ1n) is 13.1. The van der Waals surface area contributed by atoms with Gasteiger partial charge in [0.25, 0.3) is 0 Å². The number of ether oxygens (including phenoxy) is 2. The van der Waals surface area contributed by atoms with Crippen LogP contribution in [0, 0.1) is 28.6 Å². The van der Waals surface area contributed by atoms with Crippen molar-refractivity contribution < 1.29 is 23.8 Å². The normalized spacial score (nSPS) is 37.5. The highest BCUT2D eigenvalue weighted by atomic mass is 16.5. The third-order valence-corrected chi connectivity index (χ3v) is 9.90. The van der Waals surface area contributed by atoms with Crippen LogP contribution in [0.5, 0.6) is 5.75 Å². The molecule has 10 heteroatoms. The molecule has 0 bridgehead atoms. The lowest BCUT2D eigenvalue weighted by atomic mass is 9.41. The van der Waals surface area contributed by atoms with Crippen molar-refractivity contribution >= 4 is 5.97 Å². The average Bonchev–Trinajstić information content (AvgIpc) is 2.86. The van der Waals surface area contributed by atoms with E-state index >= 15 is 0 Å². The lowest BCUT2D eigenvalue weighted by molar-refractivity contribution is -0.229. The van der Waals surface area contributed by atoms with Crippen LogP contribution in [0.15, 0.2) is 44.9 Å². The molecule has 2 aliphatic carbocycles. The largest absolute Gasteiger partial charge is 0.486 e. The summed E-state index contributed by atoms with van der Waals surface area (Å²) in [5, 5.41) is 16.1. The van der Waals surface area contributed by atoms with Gasteiger partial charge in [0.1, 0.15) is 22.7 Å². The van der Waals surface area contributed by atoms with Gasteiger partial charge < -0.3 is 19.0 Å². The number of fused-ring (bicyclic) bond motifs is 4. The summed E-state index contributed by atoms with van der Waals surface area (Å²) in [6.45, 7) is 9.86. The molecule has 3 aliphatic rings. The summed E-state index contributed by atoms with van der Waals surface area (Å²) in [5.41, 5.74) is 7.50. The molecular weight excluding hydrogens is 488 g/mol. The van der Waals surface area contributed by atoms with E-state index in [1.54, 1.807) is 30.6 Å². The van der Waals surface area contributed by atoms with Crippen LogP contribution < -0.4 is 10.4 Å². The number of hydrogen-bond donors (Lipinski definition) is 1. The molecule has 2 aromatic rings. The van der Waals surface area contributed by atoms with Gasteiger partial charge in [0.2, 0.25) is 0 Å². The standard InChI is InChI=1S/C28H34N4O6/c1-15-8-9-26(3)20(27(15,4)14-36-16(2)33)12-21(31-32-29)28(5)24(26)23(34)22-19(38-28)11-18(37-25(22)35)17-7-6-10-30-13-17/h6-7,10-11,13,15,20-21,23-24,34H,8-9,12,14H2,1-5H3/t15-,20?,21+,23-,24?,26-,27+,28+/m0/s1. The maximum Gasteiger partial charge on any atom is 0.345 e. The molecule has 1 aliphatic heterocycles. The van der Waals surface area contributed by atoms with E-state index < -0.39 is 40.1 Å². The average molecular weight is 523 g/mol. The Morgan fingerprint density at radius 1 is 1.37 bits per heavy atom. The first-order valence-corrected chi connectivity index (χ1v) is 13.1. The fraction of sp³-hybridized carbons (Fsp3) is 0.607. The van der Waals surface area contributed by atoms with Crippen LogP contribution in [0.25, 0.3) is 21.8 Å². The van der Waals surface area contributed by atoms with Gasteiger partial charge in [-0.25, -0.2) is 4.79 Å². The maximum atomic E-state index is 13.3. The minimum atomic E-state index is -1.21. The van der Waals surface area contributed by atoms with E-state index in [1.807, 2.05) is 6.92 Å².